The first-order chi connectivity index (χ1) is 24.9. The van der Waals surface area contributed by atoms with Crippen molar-refractivity contribution in [2.45, 2.75) is 26.1 Å². The molecule has 0 saturated carbocycles. The van der Waals surface area contributed by atoms with Gasteiger partial charge in [0.15, 0.2) is 23.0 Å². The van der Waals surface area contributed by atoms with Crippen molar-refractivity contribution in [2.75, 3.05) is 19.5 Å². The van der Waals surface area contributed by atoms with Crippen LogP contribution in [0.2, 0.25) is 0 Å². The molecule has 0 aliphatic heterocycles. The minimum atomic E-state index is -2.39. The number of carboxylic acid groups (broad SMARTS) is 1. The summed E-state index contributed by atoms with van der Waals surface area (Å²) >= 11 is 0. The quantitative estimate of drug-likeness (QED) is 0.0946. The molecule has 2 N–H and O–H groups in total. The molecule has 0 unspecified atom stereocenters. The third kappa shape index (κ3) is 10.2. The number of aliphatic carboxylic acids is 1. The fraction of sp³-hybridized carbons (Fsp3) is 0.167. The Morgan fingerprint density at radius 1 is 0.596 bits per heavy atom. The number of ether oxygens (including phenoxy) is 6. The number of methoxy groups -OCH3 is 2. The third-order valence-corrected chi connectivity index (χ3v) is 6.72. The molecule has 0 aliphatic carbocycles. The molecule has 0 radical (unpaired) electrons. The first-order valence-corrected chi connectivity index (χ1v) is 15.1. The number of carboxylic acids is 1. The SMILES string of the molecule is COc1cc(C(=O)O[C@H](C(=O)O)[C@@H](OC(=O)c2ccc(OC(C)=O)c(OC)c2)C(=O)Nc2ccc(N=Nc3ccccc3)cc2)ccc1OC(C)=O. The van der Waals surface area contributed by atoms with Crippen LogP contribution in [0.15, 0.2) is 101 Å². The fourth-order valence-electron chi connectivity index (χ4n) is 4.36. The van der Waals surface area contributed by atoms with E-state index in [2.05, 4.69) is 15.5 Å². The standard InChI is InChI=1S/C36H31N3O13/c1-20(40)49-27-16-10-22(18-29(27)47-3)35(45)51-31(33(42)37-24-12-14-26(15-13-24)39-38-25-8-6-5-7-9-25)32(34(43)44)52-36(46)23-11-17-28(50-21(2)41)30(19-23)48-4/h5-19,31-32H,1-4H3,(H,37,42)(H,43,44)/t31-,32+/m1/s1. The molecule has 4 rings (SSSR count). The third-order valence-electron chi connectivity index (χ3n) is 6.72. The molecule has 0 aliphatic rings. The Bertz CT molecular complexity index is 2000. The minimum absolute atomic E-state index is 0.0277. The number of hydrogen-bond donors (Lipinski definition) is 2. The molecule has 52 heavy (non-hydrogen) atoms. The monoisotopic (exact) mass is 713 g/mol. The molecule has 268 valence electrons. The van der Waals surface area contributed by atoms with Crippen molar-refractivity contribution in [1.29, 1.82) is 0 Å². The van der Waals surface area contributed by atoms with E-state index in [4.69, 9.17) is 28.4 Å². The number of nitrogens with zero attached hydrogens (tertiary/aromatic N) is 2. The summed E-state index contributed by atoms with van der Waals surface area (Å²) < 4.78 is 31.0. The van der Waals surface area contributed by atoms with Gasteiger partial charge < -0.3 is 38.8 Å². The predicted molar refractivity (Wildman–Crippen MR) is 180 cm³/mol. The maximum atomic E-state index is 13.6. The van der Waals surface area contributed by atoms with Crippen molar-refractivity contribution < 1.29 is 62.3 Å². The van der Waals surface area contributed by atoms with E-state index in [0.29, 0.717) is 11.4 Å². The van der Waals surface area contributed by atoms with E-state index >= 15 is 0 Å². The van der Waals surface area contributed by atoms with Crippen molar-refractivity contribution >= 4 is 52.8 Å². The number of carbonyl (C=O) groups is 6. The fourth-order valence-corrected chi connectivity index (χ4v) is 4.36. The largest absolute Gasteiger partial charge is 0.493 e. The molecule has 16 nitrogen and oxygen atoms in total. The molecular formula is C36H31N3O13. The molecule has 0 saturated heterocycles. The summed E-state index contributed by atoms with van der Waals surface area (Å²) in [5.41, 5.74) is 0.675. The van der Waals surface area contributed by atoms with Crippen molar-refractivity contribution in [2.24, 2.45) is 10.2 Å². The lowest BCUT2D eigenvalue weighted by Crippen LogP contribution is -2.48. The van der Waals surface area contributed by atoms with E-state index in [1.165, 1.54) is 56.7 Å². The smallest absolute Gasteiger partial charge is 0.349 e. The van der Waals surface area contributed by atoms with Crippen LogP contribution in [0, 0.1) is 0 Å². The predicted octanol–water partition coefficient (Wildman–Crippen LogP) is 5.44. The maximum Gasteiger partial charge on any atom is 0.349 e. The number of anilines is 1. The van der Waals surface area contributed by atoms with E-state index in [1.807, 2.05) is 6.07 Å². The van der Waals surface area contributed by atoms with Crippen molar-refractivity contribution in [3.05, 3.63) is 102 Å². The summed E-state index contributed by atoms with van der Waals surface area (Å²) in [6.45, 7) is 2.31. The summed E-state index contributed by atoms with van der Waals surface area (Å²) in [7, 11) is 2.49. The number of rotatable bonds is 14. The topological polar surface area (TPSA) is 215 Å². The van der Waals surface area contributed by atoms with E-state index in [1.54, 1.807) is 24.3 Å². The minimum Gasteiger partial charge on any atom is -0.493 e. The number of hydrogen-bond acceptors (Lipinski definition) is 14. The lowest BCUT2D eigenvalue weighted by atomic mass is 10.1. The highest BCUT2D eigenvalue weighted by atomic mass is 16.6. The Morgan fingerprint density at radius 3 is 1.50 bits per heavy atom. The van der Waals surface area contributed by atoms with Crippen LogP contribution in [-0.4, -0.2) is 67.3 Å². The zero-order chi connectivity index (χ0) is 37.8. The Kier molecular flexibility index (Phi) is 12.7. The van der Waals surface area contributed by atoms with Gasteiger partial charge in [-0.2, -0.15) is 10.2 Å². The van der Waals surface area contributed by atoms with Crippen LogP contribution in [0.1, 0.15) is 34.6 Å². The van der Waals surface area contributed by atoms with Gasteiger partial charge in [0.2, 0.25) is 12.2 Å². The van der Waals surface area contributed by atoms with Gasteiger partial charge in [-0.25, -0.2) is 14.4 Å². The van der Waals surface area contributed by atoms with E-state index in [9.17, 15) is 33.9 Å². The van der Waals surface area contributed by atoms with E-state index < -0.39 is 48.0 Å². The molecule has 0 heterocycles. The molecule has 1 amide bonds. The summed E-state index contributed by atoms with van der Waals surface area (Å²) in [5, 5.41) is 20.8. The summed E-state index contributed by atoms with van der Waals surface area (Å²) in [4.78, 5) is 75.6. The molecular weight excluding hydrogens is 682 g/mol. The van der Waals surface area contributed by atoms with Gasteiger partial charge in [-0.15, -0.1) is 0 Å². The van der Waals surface area contributed by atoms with E-state index in [0.717, 1.165) is 32.0 Å². The number of azo groups is 1. The normalized spacial score (nSPS) is 11.8. The molecule has 4 aromatic carbocycles. The first-order valence-electron chi connectivity index (χ1n) is 15.1. The van der Waals surface area contributed by atoms with Crippen LogP contribution >= 0.6 is 0 Å². The van der Waals surface area contributed by atoms with Gasteiger partial charge in [0.1, 0.15) is 0 Å². The van der Waals surface area contributed by atoms with Crippen LogP contribution in [0.3, 0.4) is 0 Å². The second-order valence-corrected chi connectivity index (χ2v) is 10.5. The zero-order valence-electron chi connectivity index (χ0n) is 28.1. The van der Waals surface area contributed by atoms with Crippen LogP contribution in [0.25, 0.3) is 0 Å². The van der Waals surface area contributed by atoms with Crippen LogP contribution in [-0.2, 0) is 28.7 Å². The number of benzene rings is 4. The van der Waals surface area contributed by atoms with Crippen LogP contribution in [0.5, 0.6) is 23.0 Å². The van der Waals surface area contributed by atoms with Gasteiger partial charge in [0.25, 0.3) is 5.91 Å². The van der Waals surface area contributed by atoms with Gasteiger partial charge in [0.05, 0.1) is 36.7 Å². The zero-order valence-corrected chi connectivity index (χ0v) is 28.1. The second kappa shape index (κ2) is 17.5. The Morgan fingerprint density at radius 2 is 1.06 bits per heavy atom. The Labute approximate surface area is 295 Å². The van der Waals surface area contributed by atoms with Crippen LogP contribution in [0.4, 0.5) is 17.1 Å². The van der Waals surface area contributed by atoms with Gasteiger partial charge >= 0.3 is 29.8 Å². The average molecular weight is 714 g/mol. The average Bonchev–Trinajstić information content (AvgIpc) is 3.12. The Balaban J connectivity index is 1.63. The van der Waals surface area contributed by atoms with Gasteiger partial charge in [-0.05, 0) is 72.8 Å². The van der Waals surface area contributed by atoms with Crippen molar-refractivity contribution in [3.63, 3.8) is 0 Å². The Hall–Kier alpha value is -7.10. The van der Waals surface area contributed by atoms with Gasteiger partial charge in [-0.3, -0.25) is 14.4 Å². The second-order valence-electron chi connectivity index (χ2n) is 10.5. The molecule has 0 spiro atoms. The van der Waals surface area contributed by atoms with Crippen molar-refractivity contribution in [3.8, 4) is 23.0 Å². The summed E-state index contributed by atoms with van der Waals surface area (Å²) in [6.07, 6.45) is -4.66. The lowest BCUT2D eigenvalue weighted by Gasteiger charge is -2.24. The van der Waals surface area contributed by atoms with Gasteiger partial charge in [0, 0.05) is 19.5 Å². The molecule has 0 fully saturated rings. The lowest BCUT2D eigenvalue weighted by molar-refractivity contribution is -0.157. The number of nitrogens with one attached hydrogen (secondary N) is 1. The molecule has 2 atom stereocenters. The molecule has 16 heteroatoms. The highest BCUT2D eigenvalue weighted by Crippen LogP contribution is 2.31. The summed E-state index contributed by atoms with van der Waals surface area (Å²) in [6, 6.07) is 21.9. The first kappa shape index (κ1) is 37.7. The summed E-state index contributed by atoms with van der Waals surface area (Å²) in [5.74, 6) is -7.01. The number of esters is 4. The van der Waals surface area contributed by atoms with Crippen molar-refractivity contribution in [1.82, 2.24) is 0 Å². The number of amides is 1. The highest BCUT2D eigenvalue weighted by Gasteiger charge is 2.41. The molecule has 0 aromatic heterocycles. The van der Waals surface area contributed by atoms with Crippen LogP contribution < -0.4 is 24.3 Å². The van der Waals surface area contributed by atoms with Gasteiger partial charge in [-0.1, -0.05) is 18.2 Å². The highest BCUT2D eigenvalue weighted by molar-refractivity contribution is 6.02. The maximum absolute atomic E-state index is 13.6. The van der Waals surface area contributed by atoms with E-state index in [-0.39, 0.29) is 39.8 Å². The molecule has 4 aromatic rings. The molecule has 0 bridgehead atoms. The number of carbonyl (C=O) groups excluding carboxylic acids is 5.